The summed E-state index contributed by atoms with van der Waals surface area (Å²) in [6, 6.07) is 27.8. The molecule has 1 N–H and O–H groups in total. The van der Waals surface area contributed by atoms with Crippen LogP contribution in [0.5, 0.6) is 5.75 Å². The normalized spacial score (nSPS) is 15.8. The molecule has 0 aliphatic carbocycles. The molecule has 1 aliphatic heterocycles. The molecule has 3 nitrogen and oxygen atoms in total. The van der Waals surface area contributed by atoms with Crippen molar-refractivity contribution in [3.05, 3.63) is 102 Å². The van der Waals surface area contributed by atoms with Crippen LogP contribution < -0.4 is 10.1 Å². The summed E-state index contributed by atoms with van der Waals surface area (Å²) in [6.45, 7) is 0.614. The number of benzene rings is 3. The van der Waals surface area contributed by atoms with Gasteiger partial charge in [-0.05, 0) is 17.2 Å². The number of carbonyl (C=O) groups is 1. The molecule has 130 valence electrons. The number of para-hydroxylation sites is 1. The van der Waals surface area contributed by atoms with Gasteiger partial charge in [-0.1, -0.05) is 78.9 Å². The van der Waals surface area contributed by atoms with E-state index in [-0.39, 0.29) is 17.9 Å². The second-order valence-corrected chi connectivity index (χ2v) is 6.49. The van der Waals surface area contributed by atoms with Crippen molar-refractivity contribution in [2.45, 2.75) is 18.4 Å². The van der Waals surface area contributed by atoms with Crippen LogP contribution in [0.1, 0.15) is 35.1 Å². The number of fused-ring (bicyclic) bond motifs is 1. The van der Waals surface area contributed by atoms with E-state index in [1.807, 2.05) is 84.9 Å². The first kappa shape index (κ1) is 16.4. The van der Waals surface area contributed by atoms with Crippen LogP contribution >= 0.6 is 0 Å². The third kappa shape index (κ3) is 3.33. The van der Waals surface area contributed by atoms with Gasteiger partial charge in [0.25, 0.3) is 0 Å². The number of hydrogen-bond acceptors (Lipinski definition) is 2. The van der Waals surface area contributed by atoms with Gasteiger partial charge in [0, 0.05) is 12.0 Å². The second-order valence-electron chi connectivity index (χ2n) is 6.49. The number of rotatable bonds is 4. The Labute approximate surface area is 153 Å². The van der Waals surface area contributed by atoms with E-state index >= 15 is 0 Å². The van der Waals surface area contributed by atoms with Crippen molar-refractivity contribution in [3.8, 4) is 5.75 Å². The molecule has 1 atom stereocenters. The van der Waals surface area contributed by atoms with Crippen LogP contribution in [0.15, 0.2) is 84.9 Å². The van der Waals surface area contributed by atoms with Crippen molar-refractivity contribution in [2.24, 2.45) is 0 Å². The van der Waals surface area contributed by atoms with E-state index in [1.165, 1.54) is 0 Å². The monoisotopic (exact) mass is 343 g/mol. The summed E-state index contributed by atoms with van der Waals surface area (Å²) in [7, 11) is 0. The number of ether oxygens (including phenoxy) is 1. The first-order valence-corrected chi connectivity index (χ1v) is 8.95. The lowest BCUT2D eigenvalue weighted by Crippen LogP contribution is -2.35. The molecule has 0 unspecified atom stereocenters. The highest BCUT2D eigenvalue weighted by molar-refractivity contribution is 5.87. The van der Waals surface area contributed by atoms with Gasteiger partial charge in [-0.15, -0.1) is 0 Å². The Bertz CT molecular complexity index is 837. The maximum absolute atomic E-state index is 13.3. The zero-order valence-corrected chi connectivity index (χ0v) is 14.5. The highest BCUT2D eigenvalue weighted by atomic mass is 16.5. The molecule has 0 fully saturated rings. The molecule has 4 rings (SSSR count). The fraction of sp³-hybridized carbons (Fsp3) is 0.174. The van der Waals surface area contributed by atoms with Gasteiger partial charge in [0.1, 0.15) is 5.75 Å². The van der Waals surface area contributed by atoms with Gasteiger partial charge >= 0.3 is 0 Å². The number of amides is 1. The smallest absolute Gasteiger partial charge is 0.232 e. The summed E-state index contributed by atoms with van der Waals surface area (Å²) in [4.78, 5) is 13.3. The van der Waals surface area contributed by atoms with Crippen molar-refractivity contribution in [2.75, 3.05) is 6.61 Å². The minimum atomic E-state index is -0.326. The third-order valence-corrected chi connectivity index (χ3v) is 4.80. The summed E-state index contributed by atoms with van der Waals surface area (Å²) in [6.07, 6.45) is 0.777. The molecule has 0 saturated carbocycles. The molecular weight excluding hydrogens is 322 g/mol. The van der Waals surface area contributed by atoms with Crippen LogP contribution in [0, 0.1) is 0 Å². The molecular formula is C23H21NO2. The number of carbonyl (C=O) groups excluding carboxylic acids is 1. The predicted molar refractivity (Wildman–Crippen MR) is 102 cm³/mol. The molecule has 0 aromatic heterocycles. The Hall–Kier alpha value is -3.07. The molecule has 1 amide bonds. The van der Waals surface area contributed by atoms with Gasteiger partial charge in [0.15, 0.2) is 0 Å². The standard InChI is InChI=1S/C23H21NO2/c25-23(24-20-15-16-26-21-14-8-7-13-19(20)21)22(17-9-3-1-4-10-17)18-11-5-2-6-12-18/h1-14,20,22H,15-16H2,(H,24,25)/t20-/m1/s1. The lowest BCUT2D eigenvalue weighted by Gasteiger charge is -2.28. The topological polar surface area (TPSA) is 38.3 Å². The molecule has 26 heavy (non-hydrogen) atoms. The molecule has 3 aromatic carbocycles. The quantitative estimate of drug-likeness (QED) is 0.759. The molecule has 0 radical (unpaired) electrons. The first-order chi connectivity index (χ1) is 12.8. The minimum absolute atomic E-state index is 0.0177. The van der Waals surface area contributed by atoms with Crippen molar-refractivity contribution < 1.29 is 9.53 Å². The minimum Gasteiger partial charge on any atom is -0.493 e. The predicted octanol–water partition coefficient (Wildman–Crippen LogP) is 4.46. The van der Waals surface area contributed by atoms with E-state index in [2.05, 4.69) is 5.32 Å². The second kappa shape index (κ2) is 7.44. The maximum Gasteiger partial charge on any atom is 0.232 e. The largest absolute Gasteiger partial charge is 0.493 e. The highest BCUT2D eigenvalue weighted by Gasteiger charge is 2.28. The van der Waals surface area contributed by atoms with Crippen molar-refractivity contribution in [1.29, 1.82) is 0 Å². The van der Waals surface area contributed by atoms with Crippen LogP contribution in [0.4, 0.5) is 0 Å². The van der Waals surface area contributed by atoms with Crippen LogP contribution in [0.3, 0.4) is 0 Å². The number of nitrogens with one attached hydrogen (secondary N) is 1. The van der Waals surface area contributed by atoms with Gasteiger partial charge in [0.05, 0.1) is 18.6 Å². The average molecular weight is 343 g/mol. The fourth-order valence-corrected chi connectivity index (χ4v) is 3.53. The molecule has 1 heterocycles. The Balaban J connectivity index is 1.64. The van der Waals surface area contributed by atoms with Crippen LogP contribution in [-0.2, 0) is 4.79 Å². The van der Waals surface area contributed by atoms with Crippen molar-refractivity contribution >= 4 is 5.91 Å². The van der Waals surface area contributed by atoms with E-state index in [1.54, 1.807) is 0 Å². The van der Waals surface area contributed by atoms with Crippen molar-refractivity contribution in [3.63, 3.8) is 0 Å². The molecule has 3 aromatic rings. The van der Waals surface area contributed by atoms with E-state index in [0.717, 1.165) is 28.9 Å². The van der Waals surface area contributed by atoms with E-state index < -0.39 is 0 Å². The van der Waals surface area contributed by atoms with E-state index in [0.29, 0.717) is 6.61 Å². The van der Waals surface area contributed by atoms with E-state index in [9.17, 15) is 4.79 Å². The molecule has 0 spiro atoms. The third-order valence-electron chi connectivity index (χ3n) is 4.80. The fourth-order valence-electron chi connectivity index (χ4n) is 3.53. The van der Waals surface area contributed by atoms with Gasteiger partial charge < -0.3 is 10.1 Å². The maximum atomic E-state index is 13.3. The van der Waals surface area contributed by atoms with Crippen LogP contribution in [0.25, 0.3) is 0 Å². The first-order valence-electron chi connectivity index (χ1n) is 8.95. The summed E-state index contributed by atoms with van der Waals surface area (Å²) in [5, 5.41) is 3.25. The number of hydrogen-bond donors (Lipinski definition) is 1. The SMILES string of the molecule is O=C(N[C@@H]1CCOc2ccccc21)C(c1ccccc1)c1ccccc1. The molecule has 0 saturated heterocycles. The van der Waals surface area contributed by atoms with Gasteiger partial charge in [-0.3, -0.25) is 4.79 Å². The Morgan fingerprint density at radius 2 is 1.42 bits per heavy atom. The molecule has 1 aliphatic rings. The summed E-state index contributed by atoms with van der Waals surface area (Å²) < 4.78 is 5.71. The van der Waals surface area contributed by atoms with Crippen LogP contribution in [-0.4, -0.2) is 12.5 Å². The molecule has 3 heteroatoms. The zero-order valence-electron chi connectivity index (χ0n) is 14.5. The van der Waals surface area contributed by atoms with Crippen molar-refractivity contribution in [1.82, 2.24) is 5.32 Å². The highest BCUT2D eigenvalue weighted by Crippen LogP contribution is 2.33. The lowest BCUT2D eigenvalue weighted by atomic mass is 9.89. The van der Waals surface area contributed by atoms with E-state index in [4.69, 9.17) is 4.74 Å². The zero-order chi connectivity index (χ0) is 17.8. The van der Waals surface area contributed by atoms with Gasteiger partial charge in [-0.2, -0.15) is 0 Å². The lowest BCUT2D eigenvalue weighted by molar-refractivity contribution is -0.122. The summed E-state index contributed by atoms with van der Waals surface area (Å²) in [5.74, 6) is 0.552. The van der Waals surface area contributed by atoms with Gasteiger partial charge in [-0.25, -0.2) is 0 Å². The Kier molecular flexibility index (Phi) is 4.69. The average Bonchev–Trinajstić information content (AvgIpc) is 2.70. The Morgan fingerprint density at radius 1 is 0.846 bits per heavy atom. The van der Waals surface area contributed by atoms with Gasteiger partial charge in [0.2, 0.25) is 5.91 Å². The summed E-state index contributed by atoms with van der Waals surface area (Å²) >= 11 is 0. The summed E-state index contributed by atoms with van der Waals surface area (Å²) in [5.41, 5.74) is 3.04. The van der Waals surface area contributed by atoms with Crippen LogP contribution in [0.2, 0.25) is 0 Å². The Morgan fingerprint density at radius 3 is 2.08 bits per heavy atom. The molecule has 0 bridgehead atoms.